The van der Waals surface area contributed by atoms with Gasteiger partial charge in [0.2, 0.25) is 0 Å². The molecule has 0 amide bonds. The van der Waals surface area contributed by atoms with Crippen LogP contribution in [0.15, 0.2) is 18.2 Å². The van der Waals surface area contributed by atoms with Gasteiger partial charge in [0.1, 0.15) is 6.04 Å². The van der Waals surface area contributed by atoms with Gasteiger partial charge in [-0.3, -0.25) is 34.1 Å². The first kappa shape index (κ1) is 28.8. The number of carboxylic acids is 3. The molecule has 2 heterocycles. The maximum atomic E-state index is 11.9. The van der Waals surface area contributed by atoms with Gasteiger partial charge in [0.05, 0.1) is 24.5 Å². The molecule has 1 aromatic heterocycles. The normalized spacial score (nSPS) is 17.4. The standard InChI is InChI=1S/C20H31N5O6.Gd/c21-6-2-5-17(20(30)31)25-9-7-23(13-18(26)27)11-15-3-1-4-16(22-15)12-24(8-10-25)14-19(28)29;/h1,3-4,17H,2,5-14,21H2,(H,26,27)(H,28,29)(H,30,31);/q;+3. The van der Waals surface area contributed by atoms with Crippen LogP contribution in [-0.4, -0.2) is 105 Å². The van der Waals surface area contributed by atoms with Crippen LogP contribution in [0.2, 0.25) is 0 Å². The number of pyridine rings is 1. The van der Waals surface area contributed by atoms with Crippen molar-refractivity contribution in [1.82, 2.24) is 19.7 Å². The van der Waals surface area contributed by atoms with E-state index in [1.165, 1.54) is 0 Å². The molecule has 1 radical (unpaired) electrons. The van der Waals surface area contributed by atoms with E-state index in [1.54, 1.807) is 26.8 Å². The van der Waals surface area contributed by atoms with Gasteiger partial charge in [-0.1, -0.05) is 6.07 Å². The van der Waals surface area contributed by atoms with Gasteiger partial charge in [-0.05, 0) is 31.5 Å². The summed E-state index contributed by atoms with van der Waals surface area (Å²) in [6.07, 6.45) is 0.907. The van der Waals surface area contributed by atoms with Gasteiger partial charge in [0.25, 0.3) is 0 Å². The fourth-order valence-electron chi connectivity index (χ4n) is 3.71. The van der Waals surface area contributed by atoms with E-state index in [4.69, 9.17) is 5.73 Å². The smallest absolute Gasteiger partial charge is 0.480 e. The monoisotopic (exact) mass is 595 g/mol. The Balaban J connectivity index is 0.00000512. The van der Waals surface area contributed by atoms with Gasteiger partial charge in [0, 0.05) is 39.3 Å². The fourth-order valence-corrected chi connectivity index (χ4v) is 3.71. The van der Waals surface area contributed by atoms with Crippen LogP contribution in [-0.2, 0) is 27.5 Å². The third-order valence-electron chi connectivity index (χ3n) is 5.17. The molecule has 2 rings (SSSR count). The van der Waals surface area contributed by atoms with Crippen molar-refractivity contribution in [3.63, 3.8) is 0 Å². The van der Waals surface area contributed by atoms with Crippen LogP contribution >= 0.6 is 0 Å². The van der Waals surface area contributed by atoms with Crippen molar-refractivity contribution >= 4 is 17.9 Å². The van der Waals surface area contributed by atoms with E-state index in [-0.39, 0.29) is 53.0 Å². The minimum absolute atomic E-state index is 0. The van der Waals surface area contributed by atoms with Gasteiger partial charge in [-0.15, -0.1) is 0 Å². The Morgan fingerprint density at radius 2 is 1.44 bits per heavy atom. The summed E-state index contributed by atoms with van der Waals surface area (Å²) in [4.78, 5) is 44.4. The molecule has 0 fully saturated rings. The van der Waals surface area contributed by atoms with Gasteiger partial charge >= 0.3 is 57.8 Å². The Kier molecular flexibility index (Phi) is 13.3. The minimum atomic E-state index is -0.972. The number of rotatable bonds is 9. The number of aliphatic carboxylic acids is 3. The molecule has 11 nitrogen and oxygen atoms in total. The molecule has 32 heavy (non-hydrogen) atoms. The summed E-state index contributed by atoms with van der Waals surface area (Å²) in [6, 6.07) is 4.64. The van der Waals surface area contributed by atoms with E-state index in [2.05, 4.69) is 4.98 Å². The van der Waals surface area contributed by atoms with Crippen molar-refractivity contribution in [3.8, 4) is 0 Å². The average Bonchev–Trinajstić information content (AvgIpc) is 2.67. The van der Waals surface area contributed by atoms with E-state index in [0.717, 1.165) is 0 Å². The van der Waals surface area contributed by atoms with Crippen LogP contribution in [0, 0.1) is 39.9 Å². The molecule has 0 spiro atoms. The number of aromatic nitrogens is 1. The molecule has 1 unspecified atom stereocenters. The predicted molar refractivity (Wildman–Crippen MR) is 111 cm³/mol. The van der Waals surface area contributed by atoms with Crippen LogP contribution in [0.25, 0.3) is 0 Å². The first-order valence-electron chi connectivity index (χ1n) is 10.3. The molecule has 0 aliphatic carbocycles. The summed E-state index contributed by atoms with van der Waals surface area (Å²) < 4.78 is 0. The van der Waals surface area contributed by atoms with Crippen LogP contribution in [0.5, 0.6) is 0 Å². The van der Waals surface area contributed by atoms with Gasteiger partial charge in [-0.25, -0.2) is 0 Å². The van der Waals surface area contributed by atoms with Crippen LogP contribution in [0.1, 0.15) is 24.2 Å². The van der Waals surface area contributed by atoms with E-state index < -0.39 is 23.9 Å². The number of hydrogen-bond donors (Lipinski definition) is 4. The summed E-state index contributed by atoms with van der Waals surface area (Å²) in [5.41, 5.74) is 6.93. The Hall–Kier alpha value is -1.28. The van der Waals surface area contributed by atoms with Gasteiger partial charge in [-0.2, -0.15) is 0 Å². The third-order valence-corrected chi connectivity index (χ3v) is 5.17. The molecule has 1 aliphatic heterocycles. The average molecular weight is 595 g/mol. The molecule has 177 valence electrons. The van der Waals surface area contributed by atoms with Crippen LogP contribution < -0.4 is 5.73 Å². The number of nitrogens with two attached hydrogens (primary N) is 1. The van der Waals surface area contributed by atoms with Crippen LogP contribution in [0.3, 0.4) is 0 Å². The zero-order chi connectivity index (χ0) is 22.8. The van der Waals surface area contributed by atoms with E-state index in [9.17, 15) is 29.7 Å². The zero-order valence-electron chi connectivity index (χ0n) is 17.9. The molecule has 0 saturated heterocycles. The summed E-state index contributed by atoms with van der Waals surface area (Å²) in [5, 5.41) is 28.3. The van der Waals surface area contributed by atoms with Crippen molar-refractivity contribution < 1.29 is 69.6 Å². The second-order valence-electron chi connectivity index (χ2n) is 7.65. The quantitative estimate of drug-likeness (QED) is 0.288. The number of hydrogen-bond acceptors (Lipinski definition) is 8. The molecule has 2 bridgehead atoms. The third kappa shape index (κ3) is 10.1. The Labute approximate surface area is 219 Å². The molecule has 0 saturated carbocycles. The Bertz CT molecular complexity index is 723. The fraction of sp³-hybridized carbons (Fsp3) is 0.600. The summed E-state index contributed by atoms with van der Waals surface area (Å²) in [5.74, 6) is -2.91. The molecule has 1 atom stereocenters. The SMILES string of the molecule is NCCCC(C(=O)O)N1CCN(CC(=O)O)Cc2cccc(n2)CN(CC(=O)O)CC1.[Gd+3]. The zero-order valence-corrected chi connectivity index (χ0v) is 20.1. The maximum Gasteiger partial charge on any atom is 3.00 e. The summed E-state index contributed by atoms with van der Waals surface area (Å²) in [7, 11) is 0. The first-order chi connectivity index (χ1) is 14.8. The van der Waals surface area contributed by atoms with Gasteiger partial charge in [0.15, 0.2) is 0 Å². The van der Waals surface area contributed by atoms with Crippen molar-refractivity contribution in [3.05, 3.63) is 29.6 Å². The molecule has 5 N–H and O–H groups in total. The van der Waals surface area contributed by atoms with E-state index in [1.807, 2.05) is 6.07 Å². The van der Waals surface area contributed by atoms with Crippen LogP contribution in [0.4, 0.5) is 0 Å². The van der Waals surface area contributed by atoms with E-state index in [0.29, 0.717) is 70.0 Å². The van der Waals surface area contributed by atoms with Crippen molar-refractivity contribution in [1.29, 1.82) is 0 Å². The second kappa shape index (κ2) is 14.8. The molecule has 1 aromatic rings. The predicted octanol–water partition coefficient (Wildman–Crippen LogP) is -0.637. The molecular weight excluding hydrogens is 563 g/mol. The largest absolute Gasteiger partial charge is 3.00 e. The number of carboxylic acid groups (broad SMARTS) is 3. The summed E-state index contributed by atoms with van der Waals surface area (Å²) >= 11 is 0. The Morgan fingerprint density at radius 1 is 0.938 bits per heavy atom. The topological polar surface area (TPSA) is 161 Å². The molecular formula is C20H31GdN5O6+3. The molecule has 0 aromatic carbocycles. The van der Waals surface area contributed by atoms with Crippen molar-refractivity contribution in [2.24, 2.45) is 5.73 Å². The number of fused-ring (bicyclic) bond motifs is 2. The van der Waals surface area contributed by atoms with Crippen molar-refractivity contribution in [2.45, 2.75) is 32.0 Å². The minimum Gasteiger partial charge on any atom is -0.480 e. The van der Waals surface area contributed by atoms with Gasteiger partial charge < -0.3 is 21.1 Å². The first-order valence-corrected chi connectivity index (χ1v) is 10.3. The van der Waals surface area contributed by atoms with E-state index >= 15 is 0 Å². The maximum absolute atomic E-state index is 11.9. The number of carbonyl (C=O) groups is 3. The Morgan fingerprint density at radius 3 is 1.84 bits per heavy atom. The van der Waals surface area contributed by atoms with Crippen molar-refractivity contribution in [2.75, 3.05) is 45.8 Å². The summed E-state index contributed by atoms with van der Waals surface area (Å²) in [6.45, 7) is 1.92. The molecule has 1 aliphatic rings. The second-order valence-corrected chi connectivity index (χ2v) is 7.65. The molecule has 12 heteroatoms. The number of nitrogens with zero attached hydrogens (tertiary/aromatic N) is 4.